The van der Waals surface area contributed by atoms with Gasteiger partial charge in [0.2, 0.25) is 5.79 Å². The zero-order valence-corrected chi connectivity index (χ0v) is 28.8. The Kier molecular flexibility index (Phi) is 6.39. The maximum absolute atomic E-state index is 14.7. The normalized spacial score (nSPS) is 60.8. The predicted octanol–water partition coefficient (Wildman–Crippen LogP) is 2.07. The van der Waals surface area contributed by atoms with E-state index in [1.54, 1.807) is 6.92 Å². The highest BCUT2D eigenvalue weighted by atomic mass is 16.8. The summed E-state index contributed by atoms with van der Waals surface area (Å²) in [5.41, 5.74) is -4.36. The molecule has 8 rings (SSSR count). The lowest BCUT2D eigenvalue weighted by atomic mass is 9.39. The number of aliphatic hydroxyl groups is 1. The number of methoxy groups -OCH3 is 2. The SMILES string of the molecule is CO[C@H]1C(=O)[C@H]2C[C@@H]3O[C@@H]3[C@H](OC(C)=O)[C@]2(C)[C@H]2[C@H](C)[C@H](OC(C)=O)[C@@]3(C)[C@@H]([C@@H](O)[C@@H]4[C@@H]3[C@H](C)[C@H]3O[C@]35OC(=O)[C@@](C)(OC)[C@]45C)[C@@H]21. The van der Waals surface area contributed by atoms with Crippen LogP contribution in [-0.4, -0.2) is 97.1 Å². The first kappa shape index (κ1) is 32.1. The first-order valence-corrected chi connectivity index (χ1v) is 17.1. The molecule has 8 fully saturated rings. The van der Waals surface area contributed by atoms with E-state index >= 15 is 0 Å². The van der Waals surface area contributed by atoms with Gasteiger partial charge in [-0.3, -0.25) is 14.4 Å². The van der Waals surface area contributed by atoms with Crippen LogP contribution in [0.3, 0.4) is 0 Å². The summed E-state index contributed by atoms with van der Waals surface area (Å²) in [6.07, 6.45) is -3.88. The van der Waals surface area contributed by atoms with E-state index in [2.05, 4.69) is 20.8 Å². The molecular weight excluding hydrogens is 612 g/mol. The molecule has 5 aliphatic carbocycles. The summed E-state index contributed by atoms with van der Waals surface area (Å²) in [7, 11) is 3.01. The van der Waals surface area contributed by atoms with Crippen molar-refractivity contribution in [3.05, 3.63) is 0 Å². The van der Waals surface area contributed by atoms with Crippen LogP contribution >= 0.6 is 0 Å². The van der Waals surface area contributed by atoms with E-state index in [1.807, 2.05) is 13.8 Å². The Morgan fingerprint density at radius 1 is 0.872 bits per heavy atom. The Labute approximate surface area is 274 Å². The highest BCUT2D eigenvalue weighted by Crippen LogP contribution is 2.81. The maximum Gasteiger partial charge on any atom is 0.341 e. The van der Waals surface area contributed by atoms with Crippen molar-refractivity contribution in [3.8, 4) is 0 Å². The molecule has 0 amide bonds. The van der Waals surface area contributed by atoms with Gasteiger partial charge in [0, 0.05) is 62.6 Å². The number of fused-ring (bicyclic) bond motifs is 9. The molecule has 8 aliphatic rings. The molecule has 0 aromatic heterocycles. The van der Waals surface area contributed by atoms with Crippen LogP contribution in [0.5, 0.6) is 0 Å². The molecule has 5 saturated carbocycles. The lowest BCUT2D eigenvalue weighted by Crippen LogP contribution is -2.72. The topological polar surface area (TPSA) is 160 Å². The van der Waals surface area contributed by atoms with Crippen molar-refractivity contribution in [3.63, 3.8) is 0 Å². The Bertz CT molecular complexity index is 1470. The van der Waals surface area contributed by atoms with Gasteiger partial charge in [-0.05, 0) is 43.9 Å². The van der Waals surface area contributed by atoms with Gasteiger partial charge in [0.25, 0.3) is 0 Å². The van der Waals surface area contributed by atoms with E-state index in [1.165, 1.54) is 28.1 Å². The number of ether oxygens (including phenoxy) is 7. The minimum Gasteiger partial charge on any atom is -0.462 e. The fourth-order valence-corrected chi connectivity index (χ4v) is 13.7. The molecule has 260 valence electrons. The summed E-state index contributed by atoms with van der Waals surface area (Å²) in [5.74, 6) is -6.36. The number of carbonyl (C=O) groups excluding carboxylic acids is 4. The van der Waals surface area contributed by atoms with Crippen molar-refractivity contribution in [2.45, 2.75) is 116 Å². The summed E-state index contributed by atoms with van der Waals surface area (Å²) in [6.45, 7) is 14.6. The minimum absolute atomic E-state index is 0.0899. The lowest BCUT2D eigenvalue weighted by molar-refractivity contribution is -0.254. The van der Waals surface area contributed by atoms with Crippen molar-refractivity contribution in [2.75, 3.05) is 14.2 Å². The van der Waals surface area contributed by atoms with Gasteiger partial charge >= 0.3 is 17.9 Å². The number of esters is 3. The highest BCUT2D eigenvalue weighted by molar-refractivity contribution is 5.88. The summed E-state index contributed by atoms with van der Waals surface area (Å²) in [4.78, 5) is 53.9. The van der Waals surface area contributed by atoms with E-state index in [9.17, 15) is 24.3 Å². The van der Waals surface area contributed by atoms with Crippen LogP contribution in [0.4, 0.5) is 0 Å². The van der Waals surface area contributed by atoms with Crippen molar-refractivity contribution >= 4 is 23.7 Å². The molecule has 12 nitrogen and oxygen atoms in total. The monoisotopic (exact) mass is 660 g/mol. The smallest absolute Gasteiger partial charge is 0.341 e. The number of ketones is 1. The fourth-order valence-electron chi connectivity index (χ4n) is 13.7. The molecular formula is C35H48O12. The van der Waals surface area contributed by atoms with Crippen LogP contribution < -0.4 is 0 Å². The van der Waals surface area contributed by atoms with Crippen LogP contribution in [0, 0.1) is 63.6 Å². The number of Topliss-reactive ketones (excluding diaryl/α,β-unsaturated/α-hetero) is 1. The van der Waals surface area contributed by atoms with Gasteiger partial charge in [0.05, 0.1) is 17.6 Å². The van der Waals surface area contributed by atoms with E-state index in [-0.39, 0.29) is 41.7 Å². The molecule has 0 radical (unpaired) electrons. The van der Waals surface area contributed by atoms with Crippen molar-refractivity contribution < 1.29 is 57.4 Å². The summed E-state index contributed by atoms with van der Waals surface area (Å²) in [5, 5.41) is 13.0. The first-order chi connectivity index (χ1) is 21.9. The lowest BCUT2D eigenvalue weighted by Gasteiger charge is -2.66. The Balaban J connectivity index is 1.36. The molecule has 3 heterocycles. The third-order valence-corrected chi connectivity index (χ3v) is 15.4. The molecule has 0 unspecified atom stereocenters. The van der Waals surface area contributed by atoms with E-state index in [0.29, 0.717) is 6.42 Å². The van der Waals surface area contributed by atoms with Crippen LogP contribution in [0.15, 0.2) is 0 Å². The zero-order valence-electron chi connectivity index (χ0n) is 28.8. The Morgan fingerprint density at radius 3 is 2.11 bits per heavy atom. The standard InChI is InChI=1S/C35H48O12/c1-12-19-18(26(41-9)23(38)16-11-17-25(45-17)29(31(16,19)5)44-15(4)37)21-24(39)22-20(32(21,6)27(12)43-14(3)36)13(2)28-35(46-28)33(22,7)34(8,42-10)30(40)47-35/h12-13,16-22,24-29,39H,11H2,1-10H3/t12-,13-,16+,17-,18+,19-,20-,21+,22-,24+,25-,26+,27-,28+,29-,31-,32+,33-,34+,35-/m0/s1. The average molecular weight is 661 g/mol. The largest absolute Gasteiger partial charge is 0.462 e. The van der Waals surface area contributed by atoms with Crippen molar-refractivity contribution in [1.29, 1.82) is 0 Å². The van der Waals surface area contributed by atoms with Crippen LogP contribution in [0.25, 0.3) is 0 Å². The summed E-state index contributed by atoms with van der Waals surface area (Å²) in [6, 6.07) is 0. The quantitative estimate of drug-likeness (QED) is 0.266. The van der Waals surface area contributed by atoms with Gasteiger partial charge in [-0.1, -0.05) is 27.7 Å². The van der Waals surface area contributed by atoms with Crippen LogP contribution in [0.1, 0.15) is 61.8 Å². The number of epoxide rings is 2. The average Bonchev–Trinajstić information content (AvgIpc) is 3.90. The molecule has 3 aliphatic heterocycles. The zero-order chi connectivity index (χ0) is 34.1. The summed E-state index contributed by atoms with van der Waals surface area (Å²) >= 11 is 0. The molecule has 0 aromatic carbocycles. The number of aliphatic hydroxyl groups excluding tert-OH is 1. The molecule has 0 bridgehead atoms. The predicted molar refractivity (Wildman–Crippen MR) is 159 cm³/mol. The van der Waals surface area contributed by atoms with E-state index < -0.39 is 99.7 Å². The number of hydrogen-bond acceptors (Lipinski definition) is 12. The van der Waals surface area contributed by atoms with Crippen molar-refractivity contribution in [1.82, 2.24) is 0 Å². The van der Waals surface area contributed by atoms with E-state index in [0.717, 1.165) is 0 Å². The highest BCUT2D eigenvalue weighted by Gasteiger charge is 2.93. The number of carbonyl (C=O) groups is 4. The third-order valence-electron chi connectivity index (χ3n) is 15.4. The van der Waals surface area contributed by atoms with Crippen LogP contribution in [0.2, 0.25) is 0 Å². The molecule has 20 atom stereocenters. The molecule has 0 aromatic rings. The Hall–Kier alpha value is -2.12. The molecule has 1 N–H and O–H groups in total. The second kappa shape index (κ2) is 9.35. The molecule has 47 heavy (non-hydrogen) atoms. The van der Waals surface area contributed by atoms with Gasteiger partial charge in [0.1, 0.15) is 30.5 Å². The van der Waals surface area contributed by atoms with Gasteiger partial charge < -0.3 is 38.3 Å². The van der Waals surface area contributed by atoms with Gasteiger partial charge in [-0.2, -0.15) is 0 Å². The third kappa shape index (κ3) is 3.29. The first-order valence-electron chi connectivity index (χ1n) is 17.1. The second-order valence-electron chi connectivity index (χ2n) is 16.7. The van der Waals surface area contributed by atoms with Gasteiger partial charge in [-0.15, -0.1) is 0 Å². The second-order valence-corrected chi connectivity index (χ2v) is 16.7. The molecule has 12 heteroatoms. The molecule has 3 saturated heterocycles. The fraction of sp³-hybridized carbons (Fsp3) is 0.886. The van der Waals surface area contributed by atoms with Crippen LogP contribution in [-0.2, 0) is 52.3 Å². The Morgan fingerprint density at radius 2 is 1.51 bits per heavy atom. The van der Waals surface area contributed by atoms with E-state index in [4.69, 9.17) is 33.2 Å². The number of rotatable bonds is 4. The maximum atomic E-state index is 14.7. The summed E-state index contributed by atoms with van der Waals surface area (Å²) < 4.78 is 43.1. The minimum atomic E-state index is -1.44. The number of hydrogen-bond donors (Lipinski definition) is 1. The van der Waals surface area contributed by atoms with Gasteiger partial charge in [-0.25, -0.2) is 4.79 Å². The van der Waals surface area contributed by atoms with Gasteiger partial charge in [0.15, 0.2) is 11.4 Å². The van der Waals surface area contributed by atoms with Crippen molar-refractivity contribution in [2.24, 2.45) is 63.6 Å². The molecule has 1 spiro atoms.